The van der Waals surface area contributed by atoms with Gasteiger partial charge in [0.2, 0.25) is 0 Å². The van der Waals surface area contributed by atoms with E-state index in [0.717, 1.165) is 18.6 Å². The SMILES string of the molecule is C1=CC2=P34C5=C(CCc6c5n(c5ccccc65)C2C=C1)Oc1ccc2c5ccccc5n(c2c13)-c1ccccc14. The molecule has 0 radical (unpaired) electrons. The second-order valence-corrected chi connectivity index (χ2v) is 14.8. The van der Waals surface area contributed by atoms with Gasteiger partial charge in [0.05, 0.1) is 33.8 Å². The molecule has 0 saturated heterocycles. The first-order valence-electron chi connectivity index (χ1n) is 14.2. The maximum Gasteiger partial charge on any atom is 0.137 e. The second-order valence-electron chi connectivity index (χ2n) is 11.5. The van der Waals surface area contributed by atoms with E-state index in [0.29, 0.717) is 0 Å². The topological polar surface area (TPSA) is 19.1 Å². The standard InChI is InChI=1S/C36H23N2OP/c1-3-11-25-21(9-1)23-17-19-29-35-33(23)37(25)27-13-5-7-15-31(27)40(35)32-16-8-6-14-28(32)38-26-12-4-2-10-22(26)24-18-20-30(39-29)36(40)34(24)38/h1-17,19,28H,18,20H2. The maximum absolute atomic E-state index is 7.03. The number of allylic oxidation sites excluding steroid dienone is 5. The van der Waals surface area contributed by atoms with E-state index in [4.69, 9.17) is 4.74 Å². The third kappa shape index (κ3) is 1.99. The Morgan fingerprint density at radius 1 is 0.750 bits per heavy atom. The molecule has 5 heterocycles. The molecule has 1 spiro atoms. The Labute approximate surface area is 230 Å². The number of aryl methyl sites for hydroxylation is 1. The summed E-state index contributed by atoms with van der Waals surface area (Å²) in [5, 5.41) is 9.93. The normalized spacial score (nSPS) is 22.5. The van der Waals surface area contributed by atoms with Gasteiger partial charge >= 0.3 is 0 Å². The van der Waals surface area contributed by atoms with Gasteiger partial charge in [-0.2, -0.15) is 0 Å². The van der Waals surface area contributed by atoms with Gasteiger partial charge in [-0.05, 0) is 54.5 Å². The third-order valence-electron chi connectivity index (χ3n) is 9.91. The first-order chi connectivity index (χ1) is 19.9. The van der Waals surface area contributed by atoms with Crippen LogP contribution in [0.3, 0.4) is 0 Å². The number of fused-ring (bicyclic) bond motifs is 10. The summed E-state index contributed by atoms with van der Waals surface area (Å²) in [6, 6.07) is 32.0. The molecule has 0 N–H and O–H groups in total. The Hall–Kier alpha value is -4.46. The lowest BCUT2D eigenvalue weighted by Crippen LogP contribution is -2.40. The number of nitrogens with zero attached hydrogens (tertiary/aromatic N) is 2. The van der Waals surface area contributed by atoms with Gasteiger partial charge in [-0.1, -0.05) is 78.9 Å². The van der Waals surface area contributed by atoms with Crippen LogP contribution in [0.2, 0.25) is 0 Å². The molecule has 2 unspecified atom stereocenters. The molecule has 3 nitrogen and oxygen atoms in total. The quantitative estimate of drug-likeness (QED) is 0.185. The minimum absolute atomic E-state index is 0.181. The summed E-state index contributed by atoms with van der Waals surface area (Å²) < 4.78 is 12.2. The molecule has 0 amide bonds. The summed E-state index contributed by atoms with van der Waals surface area (Å²) in [5.41, 5.74) is 8.19. The molecule has 6 aromatic rings. The molecule has 40 heavy (non-hydrogen) atoms. The average Bonchev–Trinajstić information content (AvgIpc) is 3.54. The first-order valence-corrected chi connectivity index (χ1v) is 16.0. The fraction of sp³-hybridized carbons (Fsp3) is 0.0833. The molecule has 0 fully saturated rings. The predicted molar refractivity (Wildman–Crippen MR) is 167 cm³/mol. The van der Waals surface area contributed by atoms with Crippen LogP contribution in [0.4, 0.5) is 0 Å². The van der Waals surface area contributed by atoms with Crippen molar-refractivity contribution >= 4 is 60.8 Å². The average molecular weight is 531 g/mol. The van der Waals surface area contributed by atoms with Crippen molar-refractivity contribution in [3.63, 3.8) is 0 Å². The van der Waals surface area contributed by atoms with Crippen LogP contribution < -0.4 is 15.3 Å². The highest BCUT2D eigenvalue weighted by Crippen LogP contribution is 2.72. The molecule has 4 aromatic carbocycles. The van der Waals surface area contributed by atoms with Gasteiger partial charge in [-0.15, -0.1) is 0 Å². The zero-order valence-corrected chi connectivity index (χ0v) is 22.5. The number of aromatic nitrogens is 2. The number of hydrogen-bond acceptors (Lipinski definition) is 1. The van der Waals surface area contributed by atoms with Gasteiger partial charge < -0.3 is 13.9 Å². The lowest BCUT2D eigenvalue weighted by Gasteiger charge is -2.48. The fourth-order valence-corrected chi connectivity index (χ4v) is 13.9. The number of rotatable bonds is 0. The van der Waals surface area contributed by atoms with Crippen LogP contribution in [0.15, 0.2) is 115 Å². The lowest BCUT2D eigenvalue weighted by molar-refractivity contribution is 0.406. The van der Waals surface area contributed by atoms with Gasteiger partial charge in [0.1, 0.15) is 11.5 Å². The number of benzene rings is 4. The molecule has 3 aliphatic heterocycles. The van der Waals surface area contributed by atoms with Crippen LogP contribution in [0.1, 0.15) is 23.7 Å². The van der Waals surface area contributed by atoms with Crippen molar-refractivity contribution in [2.45, 2.75) is 18.9 Å². The van der Waals surface area contributed by atoms with Crippen LogP contribution in [-0.2, 0) is 6.42 Å². The summed E-state index contributed by atoms with van der Waals surface area (Å²) >= 11 is 0. The van der Waals surface area contributed by atoms with E-state index >= 15 is 0 Å². The van der Waals surface area contributed by atoms with E-state index in [-0.39, 0.29) is 6.04 Å². The number of hydrogen-bond donors (Lipinski definition) is 0. The van der Waals surface area contributed by atoms with Crippen molar-refractivity contribution in [2.24, 2.45) is 0 Å². The van der Waals surface area contributed by atoms with Crippen molar-refractivity contribution < 1.29 is 4.74 Å². The third-order valence-corrected chi connectivity index (χ3v) is 14.4. The van der Waals surface area contributed by atoms with E-state index in [1.807, 2.05) is 0 Å². The second kappa shape index (κ2) is 6.63. The van der Waals surface area contributed by atoms with Gasteiger partial charge in [-0.25, -0.2) is 0 Å². The van der Waals surface area contributed by atoms with Crippen molar-refractivity contribution in [3.05, 3.63) is 126 Å². The molecule has 4 heteroatoms. The summed E-state index contributed by atoms with van der Waals surface area (Å²) in [7, 11) is 0. The minimum Gasteiger partial charge on any atom is -0.460 e. The largest absolute Gasteiger partial charge is 0.460 e. The lowest BCUT2D eigenvalue weighted by atomic mass is 9.98. The highest BCUT2D eigenvalue weighted by atomic mass is 31.2. The van der Waals surface area contributed by atoms with Crippen LogP contribution in [0.5, 0.6) is 5.75 Å². The molecule has 11 rings (SSSR count). The van der Waals surface area contributed by atoms with E-state index in [9.17, 15) is 0 Å². The van der Waals surface area contributed by atoms with E-state index < -0.39 is 6.89 Å². The van der Waals surface area contributed by atoms with Gasteiger partial charge in [0.15, 0.2) is 0 Å². The zero-order valence-electron chi connectivity index (χ0n) is 21.6. The Balaban J connectivity index is 1.47. The molecule has 0 bridgehead atoms. The molecule has 5 aliphatic rings. The number of ether oxygens (including phenoxy) is 1. The summed E-state index contributed by atoms with van der Waals surface area (Å²) in [5.74, 6) is 2.24. The number of para-hydroxylation sites is 3. The molecular formula is C36H23N2OP. The molecule has 2 aromatic heterocycles. The van der Waals surface area contributed by atoms with E-state index in [1.54, 1.807) is 0 Å². The van der Waals surface area contributed by atoms with Crippen LogP contribution in [0, 0.1) is 0 Å². The van der Waals surface area contributed by atoms with Gasteiger partial charge in [0, 0.05) is 38.7 Å². The summed E-state index contributed by atoms with van der Waals surface area (Å²) in [6.07, 6.45) is 11.4. The fourth-order valence-electron chi connectivity index (χ4n) is 8.61. The first kappa shape index (κ1) is 20.4. The van der Waals surface area contributed by atoms with Gasteiger partial charge in [0.25, 0.3) is 0 Å². The molecule has 2 atom stereocenters. The van der Waals surface area contributed by atoms with Crippen molar-refractivity contribution in [2.75, 3.05) is 0 Å². The summed E-state index contributed by atoms with van der Waals surface area (Å²) in [6.45, 7) is -2.24. The highest BCUT2D eigenvalue weighted by Gasteiger charge is 2.52. The Kier molecular flexibility index (Phi) is 3.39. The van der Waals surface area contributed by atoms with Crippen LogP contribution in [0.25, 0.3) is 43.7 Å². The Morgan fingerprint density at radius 3 is 2.52 bits per heavy atom. The van der Waals surface area contributed by atoms with Crippen LogP contribution in [-0.4, -0.2) is 14.4 Å². The van der Waals surface area contributed by atoms with Gasteiger partial charge in [-0.3, -0.25) is 0 Å². The molecule has 2 aliphatic carbocycles. The highest BCUT2D eigenvalue weighted by molar-refractivity contribution is 7.98. The molecule has 0 saturated carbocycles. The van der Waals surface area contributed by atoms with E-state index in [1.165, 1.54) is 76.6 Å². The van der Waals surface area contributed by atoms with Crippen molar-refractivity contribution in [1.29, 1.82) is 0 Å². The monoisotopic (exact) mass is 530 g/mol. The van der Waals surface area contributed by atoms with E-state index in [2.05, 4.69) is 118 Å². The molecule has 188 valence electrons. The smallest absolute Gasteiger partial charge is 0.137 e. The minimum atomic E-state index is -2.24. The molecular weight excluding hydrogens is 507 g/mol. The van der Waals surface area contributed by atoms with Crippen LogP contribution >= 0.6 is 6.89 Å². The maximum atomic E-state index is 7.03. The zero-order chi connectivity index (χ0) is 25.7. The predicted octanol–water partition coefficient (Wildman–Crippen LogP) is 7.58. The Bertz CT molecular complexity index is 2370. The van der Waals surface area contributed by atoms with Crippen molar-refractivity contribution in [1.82, 2.24) is 9.13 Å². The van der Waals surface area contributed by atoms with Crippen molar-refractivity contribution in [3.8, 4) is 11.4 Å². The summed E-state index contributed by atoms with van der Waals surface area (Å²) in [4.78, 5) is 0. The Morgan fingerprint density at radius 2 is 1.57 bits per heavy atom.